The number of amides is 2. The third-order valence-electron chi connectivity index (χ3n) is 6.53. The van der Waals surface area contributed by atoms with Crippen molar-refractivity contribution >= 4 is 18.0 Å². The second-order valence-electron chi connectivity index (χ2n) is 8.78. The lowest BCUT2D eigenvalue weighted by Crippen LogP contribution is -2.50. The molecule has 0 spiro atoms. The summed E-state index contributed by atoms with van der Waals surface area (Å²) >= 11 is 0. The van der Waals surface area contributed by atoms with Crippen molar-refractivity contribution in [3.8, 4) is 11.1 Å². The number of carboxylic acid groups (broad SMARTS) is 1. The van der Waals surface area contributed by atoms with Crippen LogP contribution in [0.1, 0.15) is 36.3 Å². The maximum atomic E-state index is 13.1. The SMILES string of the molecule is COCC1=CCN(C(=O)C(CCC(=O)O)NC(=O)OCC2c3ccccc3-c3ccccc32)CC1. The number of benzene rings is 2. The number of carbonyl (C=O) groups is 3. The molecule has 2 aromatic carbocycles. The first-order valence-electron chi connectivity index (χ1n) is 11.8. The van der Waals surface area contributed by atoms with E-state index in [2.05, 4.69) is 17.4 Å². The van der Waals surface area contributed by atoms with E-state index < -0.39 is 18.1 Å². The maximum absolute atomic E-state index is 13.1. The molecule has 1 atom stereocenters. The van der Waals surface area contributed by atoms with Crippen molar-refractivity contribution in [1.29, 1.82) is 0 Å². The zero-order valence-corrected chi connectivity index (χ0v) is 19.7. The molecule has 2 aliphatic rings. The summed E-state index contributed by atoms with van der Waals surface area (Å²) in [5.41, 5.74) is 5.54. The minimum absolute atomic E-state index is 0.0104. The number of fused-ring (bicyclic) bond motifs is 3. The quantitative estimate of drug-likeness (QED) is 0.534. The predicted molar refractivity (Wildman–Crippen MR) is 130 cm³/mol. The number of ether oxygens (including phenoxy) is 2. The smallest absolute Gasteiger partial charge is 0.407 e. The average molecular weight is 479 g/mol. The zero-order valence-electron chi connectivity index (χ0n) is 19.7. The minimum atomic E-state index is -1.03. The number of aliphatic carboxylic acids is 1. The highest BCUT2D eigenvalue weighted by molar-refractivity contribution is 5.86. The Kier molecular flexibility index (Phi) is 7.82. The summed E-state index contributed by atoms with van der Waals surface area (Å²) in [7, 11) is 1.62. The molecule has 0 fully saturated rings. The molecule has 0 bridgehead atoms. The monoisotopic (exact) mass is 478 g/mol. The summed E-state index contributed by atoms with van der Waals surface area (Å²) in [6, 6.07) is 15.1. The zero-order chi connectivity index (χ0) is 24.8. The van der Waals surface area contributed by atoms with Gasteiger partial charge < -0.3 is 24.8 Å². The van der Waals surface area contributed by atoms with Crippen LogP contribution in [0.5, 0.6) is 0 Å². The number of alkyl carbamates (subject to hydrolysis) is 1. The van der Waals surface area contributed by atoms with E-state index in [1.807, 2.05) is 42.5 Å². The number of hydrogen-bond acceptors (Lipinski definition) is 5. The summed E-state index contributed by atoms with van der Waals surface area (Å²) < 4.78 is 10.7. The van der Waals surface area contributed by atoms with Crippen LogP contribution in [-0.2, 0) is 19.1 Å². The van der Waals surface area contributed by atoms with Crippen molar-refractivity contribution in [2.24, 2.45) is 0 Å². The van der Waals surface area contributed by atoms with Crippen molar-refractivity contribution in [2.75, 3.05) is 33.4 Å². The Labute approximate surface area is 204 Å². The van der Waals surface area contributed by atoms with Gasteiger partial charge >= 0.3 is 12.1 Å². The molecule has 184 valence electrons. The molecule has 8 nitrogen and oxygen atoms in total. The summed E-state index contributed by atoms with van der Waals surface area (Å²) in [6.07, 6.45) is 1.63. The molecular weight excluding hydrogens is 448 g/mol. The number of methoxy groups -OCH3 is 1. The van der Waals surface area contributed by atoms with Gasteiger partial charge in [-0.2, -0.15) is 0 Å². The molecule has 1 heterocycles. The van der Waals surface area contributed by atoms with Gasteiger partial charge in [0.1, 0.15) is 12.6 Å². The average Bonchev–Trinajstić information content (AvgIpc) is 3.19. The lowest BCUT2D eigenvalue weighted by atomic mass is 9.98. The van der Waals surface area contributed by atoms with E-state index in [1.54, 1.807) is 12.0 Å². The fraction of sp³-hybridized carbons (Fsp3) is 0.370. The van der Waals surface area contributed by atoms with Crippen LogP contribution < -0.4 is 5.32 Å². The molecule has 0 saturated heterocycles. The third kappa shape index (κ3) is 5.71. The van der Waals surface area contributed by atoms with Crippen molar-refractivity contribution in [2.45, 2.75) is 31.2 Å². The van der Waals surface area contributed by atoms with Gasteiger partial charge in [0.15, 0.2) is 0 Å². The highest BCUT2D eigenvalue weighted by Crippen LogP contribution is 2.44. The van der Waals surface area contributed by atoms with Crippen LogP contribution in [0.3, 0.4) is 0 Å². The van der Waals surface area contributed by atoms with Gasteiger partial charge in [0.2, 0.25) is 5.91 Å². The first-order valence-corrected chi connectivity index (χ1v) is 11.8. The molecule has 35 heavy (non-hydrogen) atoms. The van der Waals surface area contributed by atoms with Gasteiger partial charge in [-0.15, -0.1) is 0 Å². The number of rotatable bonds is 9. The highest BCUT2D eigenvalue weighted by Gasteiger charge is 2.31. The predicted octanol–water partition coefficient (Wildman–Crippen LogP) is 3.56. The van der Waals surface area contributed by atoms with Gasteiger partial charge in [-0.25, -0.2) is 4.79 Å². The van der Waals surface area contributed by atoms with Crippen molar-refractivity contribution < 1.29 is 29.0 Å². The molecule has 1 aliphatic carbocycles. The standard InChI is InChI=1S/C27H30N2O6/c1-34-16-18-12-14-29(15-13-18)26(32)24(10-11-25(30)31)28-27(33)35-17-23-21-8-4-2-6-19(21)20-7-3-5-9-22(20)23/h2-9,12,23-24H,10-11,13-17H2,1H3,(H,28,33)(H,30,31). The molecule has 2 aromatic rings. The number of hydrogen-bond donors (Lipinski definition) is 2. The van der Waals surface area contributed by atoms with Crippen molar-refractivity contribution in [3.63, 3.8) is 0 Å². The van der Waals surface area contributed by atoms with Gasteiger partial charge in [0.25, 0.3) is 0 Å². The maximum Gasteiger partial charge on any atom is 0.407 e. The topological polar surface area (TPSA) is 105 Å². The molecule has 0 aromatic heterocycles. The number of nitrogens with zero attached hydrogens (tertiary/aromatic N) is 1. The fourth-order valence-electron chi connectivity index (χ4n) is 4.76. The lowest BCUT2D eigenvalue weighted by molar-refractivity contribution is -0.138. The van der Waals surface area contributed by atoms with E-state index in [9.17, 15) is 14.4 Å². The van der Waals surface area contributed by atoms with Crippen LogP contribution in [0.2, 0.25) is 0 Å². The van der Waals surface area contributed by atoms with E-state index in [4.69, 9.17) is 14.6 Å². The fourth-order valence-corrected chi connectivity index (χ4v) is 4.76. The van der Waals surface area contributed by atoms with Gasteiger partial charge in [0.05, 0.1) is 6.61 Å². The molecule has 1 aliphatic heterocycles. The van der Waals surface area contributed by atoms with Crippen LogP contribution in [0.4, 0.5) is 4.79 Å². The molecule has 2 amide bonds. The summed E-state index contributed by atoms with van der Waals surface area (Å²) in [4.78, 5) is 38.6. The largest absolute Gasteiger partial charge is 0.481 e. The Morgan fingerprint density at radius 1 is 1.09 bits per heavy atom. The first-order chi connectivity index (χ1) is 17.0. The molecule has 4 rings (SSSR count). The highest BCUT2D eigenvalue weighted by atomic mass is 16.5. The van der Waals surface area contributed by atoms with Gasteiger partial charge in [-0.05, 0) is 40.7 Å². The Hall–Kier alpha value is -3.65. The molecular formula is C27H30N2O6. The summed E-state index contributed by atoms with van der Waals surface area (Å²) in [5.74, 6) is -1.45. The van der Waals surface area contributed by atoms with E-state index >= 15 is 0 Å². The van der Waals surface area contributed by atoms with Crippen molar-refractivity contribution in [3.05, 3.63) is 71.3 Å². The molecule has 8 heteroatoms. The second kappa shape index (κ2) is 11.2. The van der Waals surface area contributed by atoms with Crippen LogP contribution in [0.25, 0.3) is 11.1 Å². The van der Waals surface area contributed by atoms with E-state index in [1.165, 1.54) is 0 Å². The van der Waals surface area contributed by atoms with Gasteiger partial charge in [0, 0.05) is 32.5 Å². The van der Waals surface area contributed by atoms with Crippen LogP contribution in [0.15, 0.2) is 60.2 Å². The first kappa shape index (κ1) is 24.5. The lowest BCUT2D eigenvalue weighted by Gasteiger charge is -2.30. The Morgan fingerprint density at radius 3 is 2.31 bits per heavy atom. The Balaban J connectivity index is 1.40. The Morgan fingerprint density at radius 2 is 1.74 bits per heavy atom. The molecule has 2 N–H and O–H groups in total. The van der Waals surface area contributed by atoms with E-state index in [0.717, 1.165) is 27.8 Å². The molecule has 0 saturated carbocycles. The normalized spacial score (nSPS) is 15.6. The second-order valence-corrected chi connectivity index (χ2v) is 8.78. The van der Waals surface area contributed by atoms with Crippen LogP contribution in [0, 0.1) is 0 Å². The van der Waals surface area contributed by atoms with E-state index in [-0.39, 0.29) is 31.3 Å². The third-order valence-corrected chi connectivity index (χ3v) is 6.53. The Bertz CT molecular complexity index is 1080. The summed E-state index contributed by atoms with van der Waals surface area (Å²) in [6.45, 7) is 1.52. The van der Waals surface area contributed by atoms with Crippen LogP contribution in [-0.4, -0.2) is 67.4 Å². The molecule has 1 unspecified atom stereocenters. The molecule has 0 radical (unpaired) electrons. The minimum Gasteiger partial charge on any atom is -0.481 e. The number of carbonyl (C=O) groups excluding carboxylic acids is 2. The summed E-state index contributed by atoms with van der Waals surface area (Å²) in [5, 5.41) is 11.7. The van der Waals surface area contributed by atoms with E-state index in [0.29, 0.717) is 26.1 Å². The van der Waals surface area contributed by atoms with Crippen molar-refractivity contribution in [1.82, 2.24) is 10.2 Å². The number of carboxylic acids is 1. The van der Waals surface area contributed by atoms with Gasteiger partial charge in [-0.1, -0.05) is 54.6 Å². The number of nitrogens with one attached hydrogen (secondary N) is 1. The van der Waals surface area contributed by atoms with Gasteiger partial charge in [-0.3, -0.25) is 9.59 Å². The van der Waals surface area contributed by atoms with Crippen LogP contribution >= 0.6 is 0 Å².